The number of hydrogen-bond donors (Lipinski definition) is 3. The Bertz CT molecular complexity index is 1120. The highest BCUT2D eigenvalue weighted by molar-refractivity contribution is 7.80. The van der Waals surface area contributed by atoms with Gasteiger partial charge in [-0.15, -0.1) is 0 Å². The number of hydrogen-bond acceptors (Lipinski definition) is 5. The maximum absolute atomic E-state index is 12.6. The number of nitrogens with one attached hydrogen (secondary N) is 3. The number of anilines is 2. The maximum atomic E-state index is 12.6. The van der Waals surface area contributed by atoms with Crippen LogP contribution in [0.1, 0.15) is 20.7 Å². The highest BCUT2D eigenvalue weighted by atomic mass is 32.1. The van der Waals surface area contributed by atoms with Crippen LogP contribution in [0, 0.1) is 10.1 Å². The van der Waals surface area contributed by atoms with Crippen LogP contribution >= 0.6 is 12.2 Å². The number of carbonyl (C=O) groups excluding carboxylic acids is 2. The Morgan fingerprint density at radius 1 is 0.833 bits per heavy atom. The van der Waals surface area contributed by atoms with E-state index < -0.39 is 10.8 Å². The minimum Gasteiger partial charge on any atom is -0.332 e. The standard InChI is InChI=1S/C21H16N4O4S/c26-19(14-7-6-10-16(13-14)25(28)29)24-21(30)23-18-12-5-4-11-17(18)20(27)22-15-8-2-1-3-9-15/h1-13H,(H,22,27)(H2,23,24,26,30). The Labute approximate surface area is 177 Å². The number of amides is 2. The van der Waals surface area contributed by atoms with Gasteiger partial charge in [-0.05, 0) is 42.5 Å². The second-order valence-corrected chi connectivity index (χ2v) is 6.49. The molecule has 8 nitrogen and oxygen atoms in total. The normalized spacial score (nSPS) is 10.0. The van der Waals surface area contributed by atoms with E-state index in [0.29, 0.717) is 16.9 Å². The Morgan fingerprint density at radius 2 is 1.53 bits per heavy atom. The van der Waals surface area contributed by atoms with Gasteiger partial charge in [-0.1, -0.05) is 36.4 Å². The first-order valence-corrected chi connectivity index (χ1v) is 9.17. The number of nitrogens with zero attached hydrogens (tertiary/aromatic N) is 1. The summed E-state index contributed by atoms with van der Waals surface area (Å²) < 4.78 is 0. The Balaban J connectivity index is 1.70. The maximum Gasteiger partial charge on any atom is 0.270 e. The van der Waals surface area contributed by atoms with Crippen LogP contribution in [-0.4, -0.2) is 21.9 Å². The van der Waals surface area contributed by atoms with Crippen LogP contribution in [0.3, 0.4) is 0 Å². The minimum absolute atomic E-state index is 0.0496. The van der Waals surface area contributed by atoms with Crippen LogP contribution in [-0.2, 0) is 0 Å². The van der Waals surface area contributed by atoms with Crippen LogP contribution in [0.15, 0.2) is 78.9 Å². The number of nitro groups is 1. The lowest BCUT2D eigenvalue weighted by Crippen LogP contribution is -2.34. The van der Waals surface area contributed by atoms with Crippen molar-refractivity contribution in [2.24, 2.45) is 0 Å². The van der Waals surface area contributed by atoms with Gasteiger partial charge < -0.3 is 10.6 Å². The lowest BCUT2D eigenvalue weighted by molar-refractivity contribution is -0.384. The topological polar surface area (TPSA) is 113 Å². The summed E-state index contributed by atoms with van der Waals surface area (Å²) in [4.78, 5) is 35.2. The number of non-ortho nitro benzene ring substituents is 1. The molecule has 0 saturated carbocycles. The SMILES string of the molecule is O=C(NC(=S)Nc1ccccc1C(=O)Nc1ccccc1)c1cccc([N+](=O)[O-])c1. The molecule has 3 rings (SSSR count). The molecule has 0 fully saturated rings. The second kappa shape index (κ2) is 9.39. The zero-order valence-electron chi connectivity index (χ0n) is 15.5. The molecule has 9 heteroatoms. The summed E-state index contributed by atoms with van der Waals surface area (Å²) in [5.41, 5.74) is 1.25. The van der Waals surface area contributed by atoms with E-state index in [4.69, 9.17) is 12.2 Å². The molecule has 0 aliphatic heterocycles. The molecule has 0 heterocycles. The molecule has 2 amide bonds. The van der Waals surface area contributed by atoms with Crippen molar-refractivity contribution in [3.8, 4) is 0 Å². The number of carbonyl (C=O) groups is 2. The molecule has 3 aromatic carbocycles. The summed E-state index contributed by atoms with van der Waals surface area (Å²) in [6.07, 6.45) is 0. The van der Waals surface area contributed by atoms with Gasteiger partial charge in [0, 0.05) is 23.4 Å². The summed E-state index contributed by atoms with van der Waals surface area (Å²) in [6, 6.07) is 20.9. The van der Waals surface area contributed by atoms with Crippen molar-refractivity contribution in [2.75, 3.05) is 10.6 Å². The van der Waals surface area contributed by atoms with Crippen molar-refractivity contribution < 1.29 is 14.5 Å². The molecule has 0 atom stereocenters. The summed E-state index contributed by atoms with van der Waals surface area (Å²) in [7, 11) is 0. The van der Waals surface area contributed by atoms with E-state index in [9.17, 15) is 19.7 Å². The highest BCUT2D eigenvalue weighted by Gasteiger charge is 2.15. The molecule has 0 radical (unpaired) electrons. The third kappa shape index (κ3) is 5.24. The smallest absolute Gasteiger partial charge is 0.270 e. The van der Waals surface area contributed by atoms with Gasteiger partial charge in [0.05, 0.1) is 16.2 Å². The monoisotopic (exact) mass is 420 g/mol. The molecule has 0 saturated heterocycles. The van der Waals surface area contributed by atoms with E-state index >= 15 is 0 Å². The Morgan fingerprint density at radius 3 is 2.27 bits per heavy atom. The van der Waals surface area contributed by atoms with Crippen molar-refractivity contribution in [1.29, 1.82) is 0 Å². The summed E-state index contributed by atoms with van der Waals surface area (Å²) in [5, 5.41) is 18.9. The van der Waals surface area contributed by atoms with E-state index in [1.165, 1.54) is 18.2 Å². The van der Waals surface area contributed by atoms with Gasteiger partial charge in [-0.2, -0.15) is 0 Å². The molecule has 0 unspecified atom stereocenters. The van der Waals surface area contributed by atoms with Crippen molar-refractivity contribution in [1.82, 2.24) is 5.32 Å². The lowest BCUT2D eigenvalue weighted by atomic mass is 10.1. The van der Waals surface area contributed by atoms with Crippen LogP contribution in [0.2, 0.25) is 0 Å². The third-order valence-electron chi connectivity index (χ3n) is 4.00. The molecule has 150 valence electrons. The van der Waals surface area contributed by atoms with Gasteiger partial charge >= 0.3 is 0 Å². The van der Waals surface area contributed by atoms with Gasteiger partial charge in [-0.3, -0.25) is 25.0 Å². The van der Waals surface area contributed by atoms with E-state index in [2.05, 4.69) is 16.0 Å². The van der Waals surface area contributed by atoms with Crippen molar-refractivity contribution in [3.63, 3.8) is 0 Å². The number of thiocarbonyl (C=S) groups is 1. The molecule has 0 aliphatic carbocycles. The number of para-hydroxylation sites is 2. The number of rotatable bonds is 5. The fraction of sp³-hybridized carbons (Fsp3) is 0. The molecular weight excluding hydrogens is 404 g/mol. The first-order valence-electron chi connectivity index (χ1n) is 8.76. The van der Waals surface area contributed by atoms with Gasteiger partial charge in [0.2, 0.25) is 0 Å². The molecule has 0 aliphatic rings. The third-order valence-corrected chi connectivity index (χ3v) is 4.20. The molecule has 3 N–H and O–H groups in total. The van der Waals surface area contributed by atoms with Gasteiger partial charge in [0.1, 0.15) is 0 Å². The molecule has 0 aromatic heterocycles. The van der Waals surface area contributed by atoms with Gasteiger partial charge in [0.15, 0.2) is 5.11 Å². The van der Waals surface area contributed by atoms with E-state index in [-0.39, 0.29) is 22.3 Å². The molecule has 3 aromatic rings. The first-order chi connectivity index (χ1) is 14.4. The van der Waals surface area contributed by atoms with Crippen LogP contribution in [0.4, 0.5) is 17.1 Å². The number of nitro benzene ring substituents is 1. The van der Waals surface area contributed by atoms with Crippen LogP contribution in [0.25, 0.3) is 0 Å². The van der Waals surface area contributed by atoms with Crippen molar-refractivity contribution >= 4 is 46.2 Å². The quantitative estimate of drug-likeness (QED) is 0.327. The predicted octanol–water partition coefficient (Wildman–Crippen LogP) is 3.97. The number of benzene rings is 3. The van der Waals surface area contributed by atoms with Gasteiger partial charge in [0.25, 0.3) is 17.5 Å². The predicted molar refractivity (Wildman–Crippen MR) is 118 cm³/mol. The molecular formula is C21H16N4O4S. The van der Waals surface area contributed by atoms with E-state index in [1.807, 2.05) is 6.07 Å². The highest BCUT2D eigenvalue weighted by Crippen LogP contribution is 2.18. The second-order valence-electron chi connectivity index (χ2n) is 6.08. The Hall–Kier alpha value is -4.11. The van der Waals surface area contributed by atoms with E-state index in [0.717, 1.165) is 6.07 Å². The summed E-state index contributed by atoms with van der Waals surface area (Å²) >= 11 is 5.16. The van der Waals surface area contributed by atoms with E-state index in [1.54, 1.807) is 48.5 Å². The minimum atomic E-state index is -0.609. The molecule has 0 bridgehead atoms. The van der Waals surface area contributed by atoms with Crippen LogP contribution in [0.5, 0.6) is 0 Å². The molecule has 0 spiro atoms. The van der Waals surface area contributed by atoms with Crippen molar-refractivity contribution in [3.05, 3.63) is 100 Å². The average molecular weight is 420 g/mol. The first kappa shape index (κ1) is 20.6. The summed E-state index contributed by atoms with van der Waals surface area (Å²) in [6.45, 7) is 0. The zero-order valence-corrected chi connectivity index (χ0v) is 16.3. The summed E-state index contributed by atoms with van der Waals surface area (Å²) in [5.74, 6) is -0.959. The largest absolute Gasteiger partial charge is 0.332 e. The fourth-order valence-corrected chi connectivity index (χ4v) is 2.80. The Kier molecular flexibility index (Phi) is 6.46. The average Bonchev–Trinajstić information content (AvgIpc) is 2.74. The van der Waals surface area contributed by atoms with Crippen LogP contribution < -0.4 is 16.0 Å². The van der Waals surface area contributed by atoms with Crippen molar-refractivity contribution in [2.45, 2.75) is 0 Å². The lowest BCUT2D eigenvalue weighted by Gasteiger charge is -2.13. The molecule has 30 heavy (non-hydrogen) atoms. The fourth-order valence-electron chi connectivity index (χ4n) is 2.60. The zero-order chi connectivity index (χ0) is 21.5. The van der Waals surface area contributed by atoms with Gasteiger partial charge in [-0.25, -0.2) is 0 Å².